The zero-order valence-corrected chi connectivity index (χ0v) is 14.7. The Hall–Kier alpha value is -3.54. The molecule has 27 heavy (non-hydrogen) atoms. The molecule has 4 rings (SSSR count). The molecule has 0 saturated heterocycles. The average molecular weight is 364 g/mol. The maximum absolute atomic E-state index is 12.3. The maximum Gasteiger partial charge on any atom is 0.347 e. The summed E-state index contributed by atoms with van der Waals surface area (Å²) >= 11 is 0. The van der Waals surface area contributed by atoms with Crippen LogP contribution in [0.3, 0.4) is 0 Å². The SMILES string of the molecule is COc1ccc2cc(-c3oc4cc(C)oc(=O)c4c3CC(=O)O)ccc2c1. The molecule has 0 radical (unpaired) electrons. The van der Waals surface area contributed by atoms with Crippen molar-refractivity contribution in [1.82, 2.24) is 0 Å². The van der Waals surface area contributed by atoms with Crippen LogP contribution >= 0.6 is 0 Å². The first kappa shape index (κ1) is 16.9. The number of rotatable bonds is 4. The van der Waals surface area contributed by atoms with Gasteiger partial charge in [-0.1, -0.05) is 18.2 Å². The van der Waals surface area contributed by atoms with E-state index in [4.69, 9.17) is 13.6 Å². The first-order valence-electron chi connectivity index (χ1n) is 8.32. The molecule has 4 aromatic rings. The fourth-order valence-electron chi connectivity index (χ4n) is 3.27. The number of fused-ring (bicyclic) bond motifs is 2. The Kier molecular flexibility index (Phi) is 3.96. The summed E-state index contributed by atoms with van der Waals surface area (Å²) in [6, 6.07) is 12.9. The first-order chi connectivity index (χ1) is 13.0. The molecule has 2 aromatic heterocycles. The van der Waals surface area contributed by atoms with Crippen molar-refractivity contribution in [2.75, 3.05) is 7.11 Å². The summed E-state index contributed by atoms with van der Waals surface area (Å²) in [7, 11) is 1.61. The molecule has 0 spiro atoms. The second-order valence-corrected chi connectivity index (χ2v) is 6.29. The second-order valence-electron chi connectivity index (χ2n) is 6.29. The van der Waals surface area contributed by atoms with E-state index in [1.54, 1.807) is 20.1 Å². The van der Waals surface area contributed by atoms with Gasteiger partial charge >= 0.3 is 11.6 Å². The Labute approximate surface area is 153 Å². The lowest BCUT2D eigenvalue weighted by molar-refractivity contribution is -0.136. The predicted octanol–water partition coefficient (Wildman–Crippen LogP) is 4.15. The van der Waals surface area contributed by atoms with E-state index in [1.165, 1.54) is 0 Å². The molecule has 0 bridgehead atoms. The number of carboxylic acid groups (broad SMARTS) is 1. The Morgan fingerprint density at radius 1 is 1.07 bits per heavy atom. The largest absolute Gasteiger partial charge is 0.497 e. The summed E-state index contributed by atoms with van der Waals surface area (Å²) in [5.41, 5.74) is 0.739. The van der Waals surface area contributed by atoms with Crippen LogP contribution in [0.5, 0.6) is 5.75 Å². The van der Waals surface area contributed by atoms with Gasteiger partial charge in [-0.3, -0.25) is 4.79 Å². The van der Waals surface area contributed by atoms with Crippen LogP contribution in [-0.4, -0.2) is 18.2 Å². The normalized spacial score (nSPS) is 11.2. The smallest absolute Gasteiger partial charge is 0.347 e. The van der Waals surface area contributed by atoms with Crippen molar-refractivity contribution in [3.05, 3.63) is 64.2 Å². The van der Waals surface area contributed by atoms with Gasteiger partial charge in [0.1, 0.15) is 28.2 Å². The lowest BCUT2D eigenvalue weighted by atomic mass is 10.0. The van der Waals surface area contributed by atoms with Gasteiger partial charge in [-0.05, 0) is 35.9 Å². The van der Waals surface area contributed by atoms with Gasteiger partial charge in [-0.15, -0.1) is 0 Å². The number of aryl methyl sites for hydroxylation is 1. The average Bonchev–Trinajstić information content (AvgIpc) is 2.98. The lowest BCUT2D eigenvalue weighted by Gasteiger charge is -2.05. The minimum atomic E-state index is -1.05. The van der Waals surface area contributed by atoms with Crippen LogP contribution in [-0.2, 0) is 11.2 Å². The Bertz CT molecular complexity index is 1240. The van der Waals surface area contributed by atoms with Gasteiger partial charge in [0.15, 0.2) is 0 Å². The van der Waals surface area contributed by atoms with Gasteiger partial charge in [0.25, 0.3) is 0 Å². The molecule has 0 amide bonds. The second kappa shape index (κ2) is 6.32. The lowest BCUT2D eigenvalue weighted by Crippen LogP contribution is -2.06. The number of ether oxygens (including phenoxy) is 1. The van der Waals surface area contributed by atoms with E-state index >= 15 is 0 Å². The highest BCUT2D eigenvalue weighted by Gasteiger charge is 2.22. The number of methoxy groups -OCH3 is 1. The Morgan fingerprint density at radius 3 is 2.56 bits per heavy atom. The van der Waals surface area contributed by atoms with Crippen molar-refractivity contribution in [2.45, 2.75) is 13.3 Å². The maximum atomic E-state index is 12.3. The molecule has 6 nitrogen and oxygen atoms in total. The molecule has 2 heterocycles. The number of hydrogen-bond acceptors (Lipinski definition) is 5. The van der Waals surface area contributed by atoms with Crippen molar-refractivity contribution >= 4 is 27.7 Å². The van der Waals surface area contributed by atoms with Crippen LogP contribution in [0.15, 0.2) is 56.1 Å². The van der Waals surface area contributed by atoms with Gasteiger partial charge in [0.2, 0.25) is 0 Å². The molecule has 6 heteroatoms. The van der Waals surface area contributed by atoms with Gasteiger partial charge in [-0.2, -0.15) is 0 Å². The third-order valence-electron chi connectivity index (χ3n) is 4.46. The molecular formula is C21H16O6. The monoisotopic (exact) mass is 364 g/mol. The van der Waals surface area contributed by atoms with E-state index in [2.05, 4.69) is 0 Å². The first-order valence-corrected chi connectivity index (χ1v) is 8.32. The van der Waals surface area contributed by atoms with Crippen LogP contribution < -0.4 is 10.4 Å². The van der Waals surface area contributed by atoms with Crippen LogP contribution in [0.25, 0.3) is 33.1 Å². The molecule has 0 saturated carbocycles. The van der Waals surface area contributed by atoms with Crippen LogP contribution in [0.4, 0.5) is 0 Å². The van der Waals surface area contributed by atoms with Crippen molar-refractivity contribution < 1.29 is 23.5 Å². The summed E-state index contributed by atoms with van der Waals surface area (Å²) in [6.45, 7) is 1.64. The summed E-state index contributed by atoms with van der Waals surface area (Å²) in [5.74, 6) is 0.464. The minimum Gasteiger partial charge on any atom is -0.497 e. The number of hydrogen-bond donors (Lipinski definition) is 1. The highest BCUT2D eigenvalue weighted by atomic mass is 16.5. The molecule has 0 aliphatic carbocycles. The van der Waals surface area contributed by atoms with E-state index in [0.29, 0.717) is 28.2 Å². The van der Waals surface area contributed by atoms with Crippen LogP contribution in [0.2, 0.25) is 0 Å². The third kappa shape index (κ3) is 2.95. The Balaban J connectivity index is 1.97. The molecule has 0 aliphatic rings. The number of carbonyl (C=O) groups is 1. The Morgan fingerprint density at radius 2 is 1.81 bits per heavy atom. The molecule has 2 aromatic carbocycles. The van der Waals surface area contributed by atoms with Crippen molar-refractivity contribution in [1.29, 1.82) is 0 Å². The molecular weight excluding hydrogens is 348 g/mol. The molecule has 0 unspecified atom stereocenters. The molecule has 0 atom stereocenters. The van der Waals surface area contributed by atoms with E-state index < -0.39 is 11.6 Å². The van der Waals surface area contributed by atoms with Crippen LogP contribution in [0, 0.1) is 6.92 Å². The van der Waals surface area contributed by atoms with Crippen molar-refractivity contribution in [3.63, 3.8) is 0 Å². The van der Waals surface area contributed by atoms with Crippen molar-refractivity contribution in [2.24, 2.45) is 0 Å². The zero-order chi connectivity index (χ0) is 19.1. The fraction of sp³-hybridized carbons (Fsp3) is 0.143. The third-order valence-corrected chi connectivity index (χ3v) is 4.46. The van der Waals surface area contributed by atoms with E-state index in [1.807, 2.05) is 36.4 Å². The number of carboxylic acids is 1. The quantitative estimate of drug-likeness (QED) is 0.585. The molecule has 1 N–H and O–H groups in total. The summed E-state index contributed by atoms with van der Waals surface area (Å²) in [5, 5.41) is 11.4. The number of benzene rings is 2. The van der Waals surface area contributed by atoms with Crippen molar-refractivity contribution in [3.8, 4) is 17.1 Å². The standard InChI is InChI=1S/C21H16O6/c1-11-7-17-19(21(24)26-11)16(10-18(22)23)20(27-17)14-4-3-13-9-15(25-2)6-5-12(13)8-14/h3-9H,10H2,1-2H3,(H,22,23). The summed E-state index contributed by atoms with van der Waals surface area (Å²) in [6.07, 6.45) is -0.337. The number of furan rings is 1. The van der Waals surface area contributed by atoms with E-state index in [-0.39, 0.29) is 11.8 Å². The predicted molar refractivity (Wildman–Crippen MR) is 100 cm³/mol. The van der Waals surface area contributed by atoms with Gasteiger partial charge in [0, 0.05) is 17.2 Å². The van der Waals surface area contributed by atoms with Gasteiger partial charge < -0.3 is 18.7 Å². The van der Waals surface area contributed by atoms with E-state index in [0.717, 1.165) is 16.5 Å². The fourth-order valence-corrected chi connectivity index (χ4v) is 3.27. The summed E-state index contributed by atoms with van der Waals surface area (Å²) in [4.78, 5) is 23.7. The van der Waals surface area contributed by atoms with Gasteiger partial charge in [-0.25, -0.2) is 4.79 Å². The molecule has 136 valence electrons. The zero-order valence-electron chi connectivity index (χ0n) is 14.7. The van der Waals surface area contributed by atoms with E-state index in [9.17, 15) is 14.7 Å². The van der Waals surface area contributed by atoms with Crippen LogP contribution in [0.1, 0.15) is 11.3 Å². The highest BCUT2D eigenvalue weighted by Crippen LogP contribution is 2.35. The molecule has 0 fully saturated rings. The molecule has 0 aliphatic heterocycles. The van der Waals surface area contributed by atoms with Gasteiger partial charge in [0.05, 0.1) is 13.5 Å². The number of aliphatic carboxylic acids is 1. The highest BCUT2D eigenvalue weighted by molar-refractivity contribution is 5.94. The minimum absolute atomic E-state index is 0.174. The summed E-state index contributed by atoms with van der Waals surface area (Å²) < 4.78 is 16.3. The topological polar surface area (TPSA) is 89.9 Å².